The Labute approximate surface area is 105 Å². The lowest BCUT2D eigenvalue weighted by molar-refractivity contribution is -0.138. The van der Waals surface area contributed by atoms with E-state index >= 15 is 0 Å². The fourth-order valence-corrected chi connectivity index (χ4v) is 1.39. The molecule has 100 valence electrons. The van der Waals surface area contributed by atoms with E-state index in [1.54, 1.807) is 18.2 Å². The van der Waals surface area contributed by atoms with E-state index in [4.69, 9.17) is 25.1 Å². The molecule has 1 aromatic carbocycles. The summed E-state index contributed by atoms with van der Waals surface area (Å²) in [6.07, 6.45) is 0.218. The Bertz CT molecular complexity index is 407. The molecule has 1 rings (SSSR count). The van der Waals surface area contributed by atoms with Crippen molar-refractivity contribution < 1.29 is 24.1 Å². The van der Waals surface area contributed by atoms with Crippen LogP contribution in [0.3, 0.4) is 0 Å². The van der Waals surface area contributed by atoms with Crippen molar-refractivity contribution in [2.24, 2.45) is 5.73 Å². The third kappa shape index (κ3) is 3.53. The van der Waals surface area contributed by atoms with E-state index in [-0.39, 0.29) is 13.0 Å². The molecule has 0 radical (unpaired) electrons. The van der Waals surface area contributed by atoms with Gasteiger partial charge in [0.1, 0.15) is 6.04 Å². The molecule has 0 aliphatic rings. The topological polar surface area (TPSA) is 91.0 Å². The minimum atomic E-state index is -1.05. The Morgan fingerprint density at radius 1 is 1.33 bits per heavy atom. The number of hydrogen-bond acceptors (Lipinski definition) is 5. The molecule has 0 amide bonds. The third-order valence-electron chi connectivity index (χ3n) is 2.37. The van der Waals surface area contributed by atoms with Crippen LogP contribution in [0.15, 0.2) is 18.2 Å². The SMILES string of the molecule is COc1cccc(OCCC(N)C(=O)O)c1OC. The Morgan fingerprint density at radius 2 is 2.00 bits per heavy atom. The minimum Gasteiger partial charge on any atom is -0.493 e. The van der Waals surface area contributed by atoms with Gasteiger partial charge in [0, 0.05) is 6.42 Å². The molecule has 0 aliphatic carbocycles. The molecule has 1 unspecified atom stereocenters. The summed E-state index contributed by atoms with van der Waals surface area (Å²) in [5.41, 5.74) is 5.37. The van der Waals surface area contributed by atoms with Gasteiger partial charge in [0.25, 0.3) is 0 Å². The molecular formula is C12H17NO5. The van der Waals surface area contributed by atoms with Gasteiger partial charge in [0.05, 0.1) is 20.8 Å². The van der Waals surface area contributed by atoms with Crippen molar-refractivity contribution in [3.05, 3.63) is 18.2 Å². The first kappa shape index (κ1) is 14.1. The molecule has 6 nitrogen and oxygen atoms in total. The zero-order valence-corrected chi connectivity index (χ0v) is 10.4. The largest absolute Gasteiger partial charge is 0.493 e. The van der Waals surface area contributed by atoms with Crippen LogP contribution in [0.5, 0.6) is 17.2 Å². The van der Waals surface area contributed by atoms with Crippen LogP contribution in [0.1, 0.15) is 6.42 Å². The summed E-state index contributed by atoms with van der Waals surface area (Å²) in [7, 11) is 3.04. The zero-order chi connectivity index (χ0) is 13.5. The first-order chi connectivity index (χ1) is 8.60. The van der Waals surface area contributed by atoms with Crippen molar-refractivity contribution in [2.45, 2.75) is 12.5 Å². The van der Waals surface area contributed by atoms with E-state index in [9.17, 15) is 4.79 Å². The van der Waals surface area contributed by atoms with Crippen LogP contribution >= 0.6 is 0 Å². The second-order valence-corrected chi connectivity index (χ2v) is 3.57. The lowest BCUT2D eigenvalue weighted by atomic mass is 10.2. The number of hydrogen-bond donors (Lipinski definition) is 2. The Hall–Kier alpha value is -1.95. The van der Waals surface area contributed by atoms with E-state index in [1.807, 2.05) is 0 Å². The molecule has 18 heavy (non-hydrogen) atoms. The van der Waals surface area contributed by atoms with E-state index in [0.29, 0.717) is 17.2 Å². The first-order valence-electron chi connectivity index (χ1n) is 5.42. The number of benzene rings is 1. The molecule has 0 fully saturated rings. The van der Waals surface area contributed by atoms with Crippen LogP contribution in [-0.4, -0.2) is 37.9 Å². The molecule has 0 spiro atoms. The summed E-state index contributed by atoms with van der Waals surface area (Å²) in [5, 5.41) is 8.64. The molecule has 0 aromatic heterocycles. The van der Waals surface area contributed by atoms with Crippen molar-refractivity contribution in [3.63, 3.8) is 0 Å². The molecule has 1 aromatic rings. The van der Waals surface area contributed by atoms with Crippen LogP contribution in [0.2, 0.25) is 0 Å². The van der Waals surface area contributed by atoms with Gasteiger partial charge < -0.3 is 25.1 Å². The fourth-order valence-electron chi connectivity index (χ4n) is 1.39. The quantitative estimate of drug-likeness (QED) is 0.751. The molecule has 6 heteroatoms. The molecule has 1 atom stereocenters. The molecular weight excluding hydrogens is 238 g/mol. The van der Waals surface area contributed by atoms with Crippen molar-refractivity contribution in [1.82, 2.24) is 0 Å². The number of methoxy groups -OCH3 is 2. The van der Waals surface area contributed by atoms with Gasteiger partial charge in [-0.15, -0.1) is 0 Å². The van der Waals surface area contributed by atoms with Crippen LogP contribution in [0.4, 0.5) is 0 Å². The number of rotatable bonds is 7. The molecule has 3 N–H and O–H groups in total. The smallest absolute Gasteiger partial charge is 0.320 e. The Morgan fingerprint density at radius 3 is 2.56 bits per heavy atom. The van der Waals surface area contributed by atoms with E-state index in [1.165, 1.54) is 14.2 Å². The monoisotopic (exact) mass is 255 g/mol. The number of nitrogens with two attached hydrogens (primary N) is 1. The number of ether oxygens (including phenoxy) is 3. The third-order valence-corrected chi connectivity index (χ3v) is 2.37. The summed E-state index contributed by atoms with van der Waals surface area (Å²) in [6.45, 7) is 0.191. The maximum absolute atomic E-state index is 10.5. The highest BCUT2D eigenvalue weighted by molar-refractivity contribution is 5.72. The fraction of sp³-hybridized carbons (Fsp3) is 0.417. The number of aliphatic carboxylic acids is 1. The number of para-hydroxylation sites is 1. The van der Waals surface area contributed by atoms with Gasteiger partial charge in [0.2, 0.25) is 5.75 Å². The molecule has 0 bridgehead atoms. The number of carboxylic acid groups (broad SMARTS) is 1. The van der Waals surface area contributed by atoms with E-state index in [0.717, 1.165) is 0 Å². The first-order valence-corrected chi connectivity index (χ1v) is 5.42. The average molecular weight is 255 g/mol. The van der Waals surface area contributed by atoms with E-state index < -0.39 is 12.0 Å². The summed E-state index contributed by atoms with van der Waals surface area (Å²) in [6, 6.07) is 4.29. The summed E-state index contributed by atoms with van der Waals surface area (Å²) in [4.78, 5) is 10.5. The predicted octanol–water partition coefficient (Wildman–Crippen LogP) is 0.885. The van der Waals surface area contributed by atoms with Gasteiger partial charge in [-0.1, -0.05) is 6.07 Å². The van der Waals surface area contributed by atoms with Crippen LogP contribution in [0, 0.1) is 0 Å². The highest BCUT2D eigenvalue weighted by Gasteiger charge is 2.13. The second-order valence-electron chi connectivity index (χ2n) is 3.57. The second kappa shape index (κ2) is 6.70. The van der Waals surface area contributed by atoms with Gasteiger partial charge in [0.15, 0.2) is 11.5 Å². The van der Waals surface area contributed by atoms with Gasteiger partial charge >= 0.3 is 5.97 Å². The van der Waals surface area contributed by atoms with Crippen molar-refractivity contribution in [1.29, 1.82) is 0 Å². The number of carboxylic acids is 1. The Kier molecular flexibility index (Phi) is 5.26. The van der Waals surface area contributed by atoms with Gasteiger partial charge in [-0.05, 0) is 12.1 Å². The van der Waals surface area contributed by atoms with Gasteiger partial charge in [-0.2, -0.15) is 0 Å². The summed E-state index contributed by atoms with van der Waals surface area (Å²) >= 11 is 0. The summed E-state index contributed by atoms with van der Waals surface area (Å²) in [5.74, 6) is 0.479. The average Bonchev–Trinajstić information content (AvgIpc) is 2.37. The number of carbonyl (C=O) groups is 1. The van der Waals surface area contributed by atoms with Crippen molar-refractivity contribution >= 4 is 5.97 Å². The van der Waals surface area contributed by atoms with Crippen LogP contribution in [-0.2, 0) is 4.79 Å². The lowest BCUT2D eigenvalue weighted by Gasteiger charge is -2.14. The standard InChI is InChI=1S/C12H17NO5/c1-16-9-4-3-5-10(11(9)17-2)18-7-6-8(13)12(14)15/h3-5,8H,6-7,13H2,1-2H3,(H,14,15). The normalized spacial score (nSPS) is 11.7. The van der Waals surface area contributed by atoms with Crippen LogP contribution in [0.25, 0.3) is 0 Å². The molecule has 0 saturated heterocycles. The lowest BCUT2D eigenvalue weighted by Crippen LogP contribution is -2.31. The maximum Gasteiger partial charge on any atom is 0.320 e. The van der Waals surface area contributed by atoms with Crippen molar-refractivity contribution in [3.8, 4) is 17.2 Å². The highest BCUT2D eigenvalue weighted by Crippen LogP contribution is 2.36. The van der Waals surface area contributed by atoms with Crippen LogP contribution < -0.4 is 19.9 Å². The molecule has 0 heterocycles. The highest BCUT2D eigenvalue weighted by atomic mass is 16.5. The predicted molar refractivity (Wildman–Crippen MR) is 65.3 cm³/mol. The summed E-state index contributed by atoms with van der Waals surface area (Å²) < 4.78 is 15.7. The van der Waals surface area contributed by atoms with Crippen molar-refractivity contribution in [2.75, 3.05) is 20.8 Å². The Balaban J connectivity index is 2.64. The maximum atomic E-state index is 10.5. The molecule has 0 saturated carbocycles. The zero-order valence-electron chi connectivity index (χ0n) is 10.4. The van der Waals surface area contributed by atoms with Gasteiger partial charge in [-0.25, -0.2) is 0 Å². The minimum absolute atomic E-state index is 0.191. The van der Waals surface area contributed by atoms with E-state index in [2.05, 4.69) is 0 Å². The van der Waals surface area contributed by atoms with Gasteiger partial charge in [-0.3, -0.25) is 4.79 Å². The molecule has 0 aliphatic heterocycles.